The fourth-order valence-electron chi connectivity index (χ4n) is 1.23. The first-order chi connectivity index (χ1) is 7.13. The second kappa shape index (κ2) is 5.56. The molecule has 1 aromatic rings. The summed E-state index contributed by atoms with van der Waals surface area (Å²) in [5, 5.41) is 12.5. The van der Waals surface area contributed by atoms with Gasteiger partial charge >= 0.3 is 0 Å². The molecule has 1 unspecified atom stereocenters. The number of anilines is 2. The number of pyridine rings is 1. The topological polar surface area (TPSA) is 71.2 Å². The van der Waals surface area contributed by atoms with Gasteiger partial charge in [-0.15, -0.1) is 0 Å². The highest BCUT2D eigenvalue weighted by molar-refractivity contribution is 5.50. The van der Waals surface area contributed by atoms with Crippen molar-refractivity contribution in [1.82, 2.24) is 4.98 Å². The molecule has 4 N–H and O–H groups in total. The third-order valence-corrected chi connectivity index (χ3v) is 2.41. The second-order valence-corrected chi connectivity index (χ2v) is 3.70. The Kier molecular flexibility index (Phi) is 4.37. The molecule has 0 saturated heterocycles. The summed E-state index contributed by atoms with van der Waals surface area (Å²) in [6, 6.07) is 1.91. The number of aromatic nitrogens is 1. The summed E-state index contributed by atoms with van der Waals surface area (Å²) in [4.78, 5) is 4.14. The summed E-state index contributed by atoms with van der Waals surface area (Å²) in [5.41, 5.74) is 7.38. The van der Waals surface area contributed by atoms with E-state index in [1.165, 1.54) is 0 Å². The summed E-state index contributed by atoms with van der Waals surface area (Å²) >= 11 is 0. The van der Waals surface area contributed by atoms with Gasteiger partial charge in [-0.25, -0.2) is 4.98 Å². The van der Waals surface area contributed by atoms with Crippen molar-refractivity contribution in [3.8, 4) is 0 Å². The minimum atomic E-state index is -0.229. The average molecular weight is 209 g/mol. The van der Waals surface area contributed by atoms with E-state index >= 15 is 0 Å². The lowest BCUT2D eigenvalue weighted by Crippen LogP contribution is -2.13. The lowest BCUT2D eigenvalue weighted by atomic mass is 10.2. The number of nitrogens with two attached hydrogens (primary N) is 1. The number of nitrogens with zero attached hydrogens (tertiary/aromatic N) is 1. The monoisotopic (exact) mass is 209 g/mol. The normalized spacial score (nSPS) is 12.5. The van der Waals surface area contributed by atoms with Crippen LogP contribution < -0.4 is 11.1 Å². The van der Waals surface area contributed by atoms with Crippen LogP contribution in [0.4, 0.5) is 11.5 Å². The number of hydrogen-bond donors (Lipinski definition) is 3. The molecule has 1 aromatic heterocycles. The number of aryl methyl sites for hydroxylation is 1. The number of nitrogens with one attached hydrogen (secondary N) is 1. The first-order valence-corrected chi connectivity index (χ1v) is 5.27. The molecule has 4 heteroatoms. The molecule has 15 heavy (non-hydrogen) atoms. The van der Waals surface area contributed by atoms with Crippen molar-refractivity contribution >= 4 is 11.5 Å². The molecule has 0 aromatic carbocycles. The van der Waals surface area contributed by atoms with Gasteiger partial charge in [0.2, 0.25) is 0 Å². The number of rotatable bonds is 5. The van der Waals surface area contributed by atoms with Crippen LogP contribution in [-0.4, -0.2) is 22.7 Å². The fraction of sp³-hybridized carbons (Fsp3) is 0.545. The molecule has 0 aliphatic rings. The number of aliphatic hydroxyl groups is 1. The van der Waals surface area contributed by atoms with E-state index in [0.717, 1.165) is 30.8 Å². The van der Waals surface area contributed by atoms with Gasteiger partial charge in [0, 0.05) is 6.54 Å². The van der Waals surface area contributed by atoms with Crippen LogP contribution in [0.25, 0.3) is 0 Å². The molecule has 1 heterocycles. The minimum absolute atomic E-state index is 0.229. The number of nitrogen functional groups attached to an aromatic ring is 1. The van der Waals surface area contributed by atoms with E-state index in [2.05, 4.69) is 10.3 Å². The number of aliphatic hydroxyl groups excluding tert-OH is 1. The standard InChI is InChI=1S/C11H19N3O/c1-3-9(15)4-5-13-11-6-8(2)10(12)7-14-11/h6-7,9,15H,3-5,12H2,1-2H3,(H,13,14). The first kappa shape index (κ1) is 11.8. The van der Waals surface area contributed by atoms with Crippen LogP contribution in [0, 0.1) is 6.92 Å². The molecule has 0 spiro atoms. The van der Waals surface area contributed by atoms with Gasteiger partial charge in [-0.3, -0.25) is 0 Å². The maximum Gasteiger partial charge on any atom is 0.126 e. The maximum atomic E-state index is 9.35. The Balaban J connectivity index is 2.41. The van der Waals surface area contributed by atoms with Crippen molar-refractivity contribution in [1.29, 1.82) is 0 Å². The lowest BCUT2D eigenvalue weighted by Gasteiger charge is -2.10. The fourth-order valence-corrected chi connectivity index (χ4v) is 1.23. The molecule has 0 aliphatic carbocycles. The maximum absolute atomic E-state index is 9.35. The Morgan fingerprint density at radius 2 is 2.33 bits per heavy atom. The predicted molar refractivity (Wildman–Crippen MR) is 62.8 cm³/mol. The molecule has 4 nitrogen and oxygen atoms in total. The molecule has 1 rings (SSSR count). The minimum Gasteiger partial charge on any atom is -0.397 e. The van der Waals surface area contributed by atoms with Crippen LogP contribution in [0.5, 0.6) is 0 Å². The van der Waals surface area contributed by atoms with Crippen LogP contribution in [0.15, 0.2) is 12.3 Å². The van der Waals surface area contributed by atoms with E-state index < -0.39 is 0 Å². The molecular formula is C11H19N3O. The highest BCUT2D eigenvalue weighted by Crippen LogP contribution is 2.13. The molecule has 0 amide bonds. The second-order valence-electron chi connectivity index (χ2n) is 3.70. The smallest absolute Gasteiger partial charge is 0.126 e. The zero-order valence-electron chi connectivity index (χ0n) is 9.33. The quantitative estimate of drug-likeness (QED) is 0.688. The van der Waals surface area contributed by atoms with Gasteiger partial charge < -0.3 is 16.2 Å². The zero-order chi connectivity index (χ0) is 11.3. The van der Waals surface area contributed by atoms with Gasteiger partial charge in [-0.05, 0) is 31.4 Å². The van der Waals surface area contributed by atoms with Gasteiger partial charge in [0.1, 0.15) is 5.82 Å². The predicted octanol–water partition coefficient (Wildman–Crippen LogP) is 1.55. The van der Waals surface area contributed by atoms with Crippen molar-refractivity contribution in [2.75, 3.05) is 17.6 Å². The molecule has 0 fully saturated rings. The average Bonchev–Trinajstić information content (AvgIpc) is 2.23. The van der Waals surface area contributed by atoms with Gasteiger partial charge in [0.15, 0.2) is 0 Å². The number of hydrogen-bond acceptors (Lipinski definition) is 4. The van der Waals surface area contributed by atoms with Gasteiger partial charge in [0.25, 0.3) is 0 Å². The molecular weight excluding hydrogens is 190 g/mol. The Morgan fingerprint density at radius 1 is 1.60 bits per heavy atom. The largest absolute Gasteiger partial charge is 0.397 e. The highest BCUT2D eigenvalue weighted by Gasteiger charge is 2.01. The van der Waals surface area contributed by atoms with E-state index in [-0.39, 0.29) is 6.10 Å². The molecule has 0 saturated carbocycles. The summed E-state index contributed by atoms with van der Waals surface area (Å²) < 4.78 is 0. The van der Waals surface area contributed by atoms with Crippen molar-refractivity contribution in [3.05, 3.63) is 17.8 Å². The summed E-state index contributed by atoms with van der Waals surface area (Å²) in [6.45, 7) is 4.64. The van der Waals surface area contributed by atoms with E-state index in [1.807, 2.05) is 19.9 Å². The van der Waals surface area contributed by atoms with Crippen molar-refractivity contribution in [3.63, 3.8) is 0 Å². The van der Waals surface area contributed by atoms with Crippen LogP contribution in [0.1, 0.15) is 25.3 Å². The van der Waals surface area contributed by atoms with Gasteiger partial charge in [-0.1, -0.05) is 6.92 Å². The van der Waals surface area contributed by atoms with Crippen LogP contribution in [0.3, 0.4) is 0 Å². The lowest BCUT2D eigenvalue weighted by molar-refractivity contribution is 0.164. The third-order valence-electron chi connectivity index (χ3n) is 2.41. The zero-order valence-corrected chi connectivity index (χ0v) is 9.33. The Morgan fingerprint density at radius 3 is 2.93 bits per heavy atom. The van der Waals surface area contributed by atoms with Crippen molar-refractivity contribution in [2.45, 2.75) is 32.8 Å². The molecule has 0 radical (unpaired) electrons. The third kappa shape index (κ3) is 3.75. The molecule has 1 atom stereocenters. The SMILES string of the molecule is CCC(O)CCNc1cc(C)c(N)cn1. The van der Waals surface area contributed by atoms with Gasteiger partial charge in [-0.2, -0.15) is 0 Å². The van der Waals surface area contributed by atoms with Crippen LogP contribution in [-0.2, 0) is 0 Å². The van der Waals surface area contributed by atoms with Crippen molar-refractivity contribution < 1.29 is 5.11 Å². The van der Waals surface area contributed by atoms with E-state index in [9.17, 15) is 5.11 Å². The van der Waals surface area contributed by atoms with Crippen LogP contribution >= 0.6 is 0 Å². The van der Waals surface area contributed by atoms with Crippen LogP contribution in [0.2, 0.25) is 0 Å². The first-order valence-electron chi connectivity index (χ1n) is 5.27. The molecule has 0 bridgehead atoms. The van der Waals surface area contributed by atoms with Gasteiger partial charge in [0.05, 0.1) is 18.0 Å². The van der Waals surface area contributed by atoms with E-state index in [1.54, 1.807) is 6.20 Å². The summed E-state index contributed by atoms with van der Waals surface area (Å²) in [7, 11) is 0. The van der Waals surface area contributed by atoms with E-state index in [4.69, 9.17) is 5.73 Å². The Bertz CT molecular complexity index is 315. The summed E-state index contributed by atoms with van der Waals surface area (Å²) in [6.07, 6.45) is 2.94. The highest BCUT2D eigenvalue weighted by atomic mass is 16.3. The Labute approximate surface area is 90.5 Å². The molecule has 84 valence electrons. The molecule has 0 aliphatic heterocycles. The summed E-state index contributed by atoms with van der Waals surface area (Å²) in [5.74, 6) is 0.810. The van der Waals surface area contributed by atoms with E-state index in [0.29, 0.717) is 5.69 Å². The Hall–Kier alpha value is -1.29. The van der Waals surface area contributed by atoms with Crippen molar-refractivity contribution in [2.24, 2.45) is 0 Å².